The maximum atomic E-state index is 12.2. The first kappa shape index (κ1) is 16.5. The summed E-state index contributed by atoms with van der Waals surface area (Å²) in [5, 5.41) is 21.6. The molecule has 122 valence electrons. The number of hydrogen-bond acceptors (Lipinski definition) is 7. The van der Waals surface area contributed by atoms with Crippen molar-refractivity contribution in [1.29, 1.82) is 0 Å². The molecule has 0 aliphatic carbocycles. The molecule has 2 aliphatic rings. The third-order valence-electron chi connectivity index (χ3n) is 3.77. The fraction of sp³-hybridized carbons (Fsp3) is 0.846. The number of nitrogens with one attached hydrogen (secondary N) is 2. The first-order chi connectivity index (χ1) is 10.3. The van der Waals surface area contributed by atoms with Crippen LogP contribution in [0.2, 0.25) is 0 Å². The van der Waals surface area contributed by atoms with Crippen molar-refractivity contribution in [2.24, 2.45) is 26.2 Å². The Morgan fingerprint density at radius 3 is 2.09 bits per heavy atom. The molecule has 2 amide bonds. The van der Waals surface area contributed by atoms with Crippen LogP contribution in [-0.2, 0) is 9.59 Å². The minimum atomic E-state index is -0.448. The first-order valence-corrected chi connectivity index (χ1v) is 7.49. The highest BCUT2D eigenvalue weighted by Gasteiger charge is 2.34. The van der Waals surface area contributed by atoms with E-state index in [1.54, 1.807) is 0 Å². The highest BCUT2D eigenvalue weighted by molar-refractivity contribution is 5.82. The van der Waals surface area contributed by atoms with E-state index in [0.717, 1.165) is 6.42 Å². The molecule has 4 N–H and O–H groups in total. The molecule has 0 aromatic carbocycles. The second kappa shape index (κ2) is 6.47. The van der Waals surface area contributed by atoms with Crippen molar-refractivity contribution in [3.05, 3.63) is 0 Å². The van der Waals surface area contributed by atoms with Gasteiger partial charge < -0.3 is 16.4 Å². The van der Waals surface area contributed by atoms with E-state index in [1.807, 2.05) is 13.8 Å². The van der Waals surface area contributed by atoms with Gasteiger partial charge in [0, 0.05) is 32.4 Å². The third kappa shape index (κ3) is 5.47. The van der Waals surface area contributed by atoms with Crippen LogP contribution < -0.4 is 16.4 Å². The molecule has 2 aliphatic heterocycles. The molecule has 2 rings (SSSR count). The summed E-state index contributed by atoms with van der Waals surface area (Å²) >= 11 is 0. The van der Waals surface area contributed by atoms with Gasteiger partial charge in [-0.05, 0) is 20.3 Å². The predicted octanol–water partition coefficient (Wildman–Crippen LogP) is 0.471. The maximum absolute atomic E-state index is 12.2. The zero-order valence-electron chi connectivity index (χ0n) is 13.0. The molecule has 0 fully saturated rings. The molecule has 2 heterocycles. The van der Waals surface area contributed by atoms with Crippen LogP contribution in [0.15, 0.2) is 20.5 Å². The molecule has 0 radical (unpaired) electrons. The topological polar surface area (TPSA) is 134 Å². The first-order valence-electron chi connectivity index (χ1n) is 7.49. The summed E-state index contributed by atoms with van der Waals surface area (Å²) in [7, 11) is 0. The minimum absolute atomic E-state index is 0.139. The fourth-order valence-electron chi connectivity index (χ4n) is 2.01. The number of rotatable bonds is 11. The maximum Gasteiger partial charge on any atom is 0.237 e. The van der Waals surface area contributed by atoms with Crippen LogP contribution in [0.5, 0.6) is 0 Å². The Balaban J connectivity index is 1.71. The highest BCUT2D eigenvalue weighted by atomic mass is 16.2. The van der Waals surface area contributed by atoms with Crippen molar-refractivity contribution in [2.45, 2.75) is 56.9 Å². The molecule has 1 unspecified atom stereocenters. The number of carbonyl (C=O) groups excluding carboxylic acids is 2. The third-order valence-corrected chi connectivity index (χ3v) is 3.77. The van der Waals surface area contributed by atoms with Gasteiger partial charge in [0.2, 0.25) is 11.8 Å². The van der Waals surface area contributed by atoms with Crippen LogP contribution in [0.3, 0.4) is 0 Å². The average Bonchev–Trinajstić information content (AvgIpc) is 3.34. The second-order valence-corrected chi connectivity index (χ2v) is 6.14. The Morgan fingerprint density at radius 1 is 1.05 bits per heavy atom. The number of primary amides is 1. The van der Waals surface area contributed by atoms with Gasteiger partial charge in [-0.2, -0.15) is 20.5 Å². The summed E-state index contributed by atoms with van der Waals surface area (Å²) in [5.74, 6) is -0.554. The molecule has 0 aromatic rings. The van der Waals surface area contributed by atoms with Crippen LogP contribution in [0.25, 0.3) is 0 Å². The zero-order chi connectivity index (χ0) is 16.2. The lowest BCUT2D eigenvalue weighted by Gasteiger charge is -2.18. The van der Waals surface area contributed by atoms with E-state index in [-0.39, 0.29) is 23.7 Å². The standard InChI is InChI=1S/C13H23N7O2/c1-12(17-18-12)5-7-15-9(3-4-10(14)21)11(22)16-8-6-13(2)19-20-13/h9,15H,3-8H2,1-2H3,(H2,14,21)(H,16,22). The van der Waals surface area contributed by atoms with Crippen LogP contribution in [-0.4, -0.2) is 42.3 Å². The molecule has 0 bridgehead atoms. The summed E-state index contributed by atoms with van der Waals surface area (Å²) in [6, 6.07) is -0.448. The van der Waals surface area contributed by atoms with E-state index in [9.17, 15) is 9.59 Å². The molecule has 22 heavy (non-hydrogen) atoms. The Morgan fingerprint density at radius 2 is 1.59 bits per heavy atom. The van der Waals surface area contributed by atoms with Gasteiger partial charge in [0.1, 0.15) is 0 Å². The molecule has 9 nitrogen and oxygen atoms in total. The van der Waals surface area contributed by atoms with Crippen LogP contribution >= 0.6 is 0 Å². The van der Waals surface area contributed by atoms with Crippen LogP contribution in [0.1, 0.15) is 39.5 Å². The number of amides is 2. The fourth-order valence-corrected chi connectivity index (χ4v) is 2.01. The number of nitrogens with two attached hydrogens (primary N) is 1. The van der Waals surface area contributed by atoms with E-state index < -0.39 is 11.9 Å². The van der Waals surface area contributed by atoms with Gasteiger partial charge in [-0.25, -0.2) is 0 Å². The summed E-state index contributed by atoms with van der Waals surface area (Å²) < 4.78 is 0. The monoisotopic (exact) mass is 309 g/mol. The van der Waals surface area contributed by atoms with E-state index in [4.69, 9.17) is 5.73 Å². The summed E-state index contributed by atoms with van der Waals surface area (Å²) in [4.78, 5) is 23.1. The van der Waals surface area contributed by atoms with E-state index in [0.29, 0.717) is 25.9 Å². The van der Waals surface area contributed by atoms with Gasteiger partial charge in [0.25, 0.3) is 0 Å². The van der Waals surface area contributed by atoms with Gasteiger partial charge in [-0.3, -0.25) is 9.59 Å². The molecular formula is C13H23N7O2. The van der Waals surface area contributed by atoms with Crippen LogP contribution in [0.4, 0.5) is 0 Å². The van der Waals surface area contributed by atoms with Crippen molar-refractivity contribution in [2.75, 3.05) is 13.1 Å². The Labute approximate surface area is 129 Å². The molecule has 9 heteroatoms. The number of hydrogen-bond donors (Lipinski definition) is 3. The smallest absolute Gasteiger partial charge is 0.237 e. The lowest BCUT2D eigenvalue weighted by atomic mass is 10.1. The SMILES string of the molecule is CC1(CCNC(=O)C(CCC(N)=O)NCCC2(C)N=N2)N=N1. The Bertz CT molecular complexity index is 491. The van der Waals surface area contributed by atoms with Gasteiger partial charge >= 0.3 is 0 Å². The quantitative estimate of drug-likeness (QED) is 0.512. The summed E-state index contributed by atoms with van der Waals surface area (Å²) in [6.45, 7) is 4.93. The summed E-state index contributed by atoms with van der Waals surface area (Å²) in [5.41, 5.74) is 4.53. The lowest BCUT2D eigenvalue weighted by Crippen LogP contribution is -2.46. The molecule has 0 saturated carbocycles. The van der Waals surface area contributed by atoms with Crippen LogP contribution in [0, 0.1) is 0 Å². The molecule has 0 spiro atoms. The van der Waals surface area contributed by atoms with Crippen molar-refractivity contribution in [3.63, 3.8) is 0 Å². The molecule has 1 atom stereocenters. The van der Waals surface area contributed by atoms with E-state index in [2.05, 4.69) is 31.1 Å². The lowest BCUT2D eigenvalue weighted by molar-refractivity contribution is -0.123. The van der Waals surface area contributed by atoms with Gasteiger partial charge in [-0.1, -0.05) is 0 Å². The van der Waals surface area contributed by atoms with Crippen molar-refractivity contribution < 1.29 is 9.59 Å². The highest BCUT2D eigenvalue weighted by Crippen LogP contribution is 2.30. The largest absolute Gasteiger partial charge is 0.370 e. The Hall–Kier alpha value is -1.90. The number of carbonyl (C=O) groups is 2. The van der Waals surface area contributed by atoms with Gasteiger partial charge in [0.05, 0.1) is 6.04 Å². The molecule has 0 saturated heterocycles. The van der Waals surface area contributed by atoms with Crippen molar-refractivity contribution >= 4 is 11.8 Å². The second-order valence-electron chi connectivity index (χ2n) is 6.14. The Kier molecular flexibility index (Phi) is 4.84. The summed E-state index contributed by atoms with van der Waals surface area (Å²) in [6.07, 6.45) is 1.94. The number of nitrogens with zero attached hydrogens (tertiary/aromatic N) is 4. The normalized spacial score (nSPS) is 20.5. The zero-order valence-corrected chi connectivity index (χ0v) is 13.0. The van der Waals surface area contributed by atoms with E-state index in [1.165, 1.54) is 0 Å². The van der Waals surface area contributed by atoms with Gasteiger partial charge in [-0.15, -0.1) is 0 Å². The predicted molar refractivity (Wildman–Crippen MR) is 79.0 cm³/mol. The molecule has 0 aromatic heterocycles. The molecular weight excluding hydrogens is 286 g/mol. The average molecular weight is 309 g/mol. The van der Waals surface area contributed by atoms with Crippen molar-refractivity contribution in [3.8, 4) is 0 Å². The van der Waals surface area contributed by atoms with Gasteiger partial charge in [0.15, 0.2) is 11.3 Å². The van der Waals surface area contributed by atoms with Crippen molar-refractivity contribution in [1.82, 2.24) is 10.6 Å². The van der Waals surface area contributed by atoms with E-state index >= 15 is 0 Å². The minimum Gasteiger partial charge on any atom is -0.370 e.